The van der Waals surface area contributed by atoms with Crippen LogP contribution in [-0.4, -0.2) is 157 Å². The molecule has 0 unspecified atom stereocenters. The number of carboxylic acids is 1. The average Bonchev–Trinajstić information content (AvgIpc) is 0.794. The summed E-state index contributed by atoms with van der Waals surface area (Å²) in [5.74, 6) is -4.69. The summed E-state index contributed by atoms with van der Waals surface area (Å²) in [5.41, 5.74) is 0. The first-order valence-electron chi connectivity index (χ1n) is 45.2. The number of carbonyl (C=O) groups is 5. The van der Waals surface area contributed by atoms with E-state index in [4.69, 9.17) is 18.9 Å². The van der Waals surface area contributed by atoms with Crippen LogP contribution < -0.4 is 10.6 Å². The van der Waals surface area contributed by atoms with Gasteiger partial charge in [-0.05, 0) is 32.1 Å². The summed E-state index contributed by atoms with van der Waals surface area (Å²) < 4.78 is 23.9. The van der Waals surface area contributed by atoms with Gasteiger partial charge in [-0.25, -0.2) is 4.79 Å². The van der Waals surface area contributed by atoms with Crippen LogP contribution in [0.3, 0.4) is 0 Å². The van der Waals surface area contributed by atoms with Crippen molar-refractivity contribution in [1.29, 1.82) is 0 Å². The van der Waals surface area contributed by atoms with E-state index in [-0.39, 0.29) is 12.8 Å². The van der Waals surface area contributed by atoms with E-state index in [9.17, 15) is 64.8 Å². The second-order valence-corrected chi connectivity index (χ2v) is 32.3. The molecule has 0 aromatic rings. The molecule has 0 saturated carbocycles. The minimum Gasteiger partial charge on any atom is -0.480 e. The lowest BCUT2D eigenvalue weighted by molar-refractivity contribution is -0.280. The highest BCUT2D eigenvalue weighted by atomic mass is 16.7. The zero-order chi connectivity index (χ0) is 78.4. The number of carbonyl (C=O) groups excluding carboxylic acids is 4. The van der Waals surface area contributed by atoms with Crippen molar-refractivity contribution in [3.8, 4) is 0 Å². The molecule has 0 aromatic carbocycles. The number of aliphatic hydroxyl groups excluding tert-OH is 7. The zero-order valence-electron chi connectivity index (χ0n) is 69.1. The molecule has 1 fully saturated rings. The topological polar surface area (TPSA) is 308 Å². The van der Waals surface area contributed by atoms with Crippen molar-refractivity contribution in [2.24, 2.45) is 0 Å². The van der Waals surface area contributed by atoms with Crippen LogP contribution in [0, 0.1) is 0 Å². The molecule has 0 aliphatic carbocycles. The quantitative estimate of drug-likeness (QED) is 0.0200. The average molecular weight is 1530 g/mol. The Labute approximate surface area is 652 Å². The third-order valence-corrected chi connectivity index (χ3v) is 22.0. The van der Waals surface area contributed by atoms with Gasteiger partial charge in [-0.2, -0.15) is 0 Å². The number of ether oxygens (including phenoxy) is 4. The lowest BCUT2D eigenvalue weighted by Crippen LogP contribution is -2.66. The molecular weight excluding hydrogens is 1360 g/mol. The summed E-state index contributed by atoms with van der Waals surface area (Å²) >= 11 is 0. The van der Waals surface area contributed by atoms with Crippen molar-refractivity contribution in [1.82, 2.24) is 10.6 Å². The van der Waals surface area contributed by atoms with Gasteiger partial charge in [-0.15, -0.1) is 0 Å². The molecule has 2 amide bonds. The molecular formula is C88H168N2O17. The number of aliphatic carboxylic acids is 1. The van der Waals surface area contributed by atoms with E-state index in [1.807, 2.05) is 0 Å². The molecule has 19 nitrogen and oxygen atoms in total. The first-order chi connectivity index (χ1) is 52.0. The van der Waals surface area contributed by atoms with Crippen LogP contribution in [0.4, 0.5) is 0 Å². The minimum atomic E-state index is -2.32. The third-order valence-electron chi connectivity index (χ3n) is 22.0. The van der Waals surface area contributed by atoms with Crippen LogP contribution in [0.2, 0.25) is 0 Å². The van der Waals surface area contributed by atoms with Crippen molar-refractivity contribution in [2.75, 3.05) is 13.2 Å². The molecule has 10 N–H and O–H groups in total. The maximum Gasteiger partial charge on any atom is 0.329 e. The van der Waals surface area contributed by atoms with Crippen LogP contribution in [0.5, 0.6) is 0 Å². The predicted molar refractivity (Wildman–Crippen MR) is 432 cm³/mol. The Balaban J connectivity index is 3.07. The Kier molecular flexibility index (Phi) is 69.8. The molecule has 1 saturated heterocycles. The van der Waals surface area contributed by atoms with Crippen LogP contribution in [0.1, 0.15) is 445 Å². The molecule has 632 valence electrons. The molecule has 0 bridgehead atoms. The maximum absolute atomic E-state index is 14.5. The number of carboxylic acid groups (broad SMARTS) is 1. The molecule has 1 heterocycles. The Morgan fingerprint density at radius 2 is 0.720 bits per heavy atom. The van der Waals surface area contributed by atoms with Gasteiger partial charge in [0.1, 0.15) is 42.7 Å². The fourth-order valence-corrected chi connectivity index (χ4v) is 15.0. The minimum absolute atomic E-state index is 0.185. The standard InChI is InChI=1S/C88H168N2O17/c1-5-9-13-17-21-25-29-30-31-32-33-34-35-36-37-38-39-40-41-42-43-46-50-54-58-62-66-79(97)105-74(65-61-57-53-49-28-24-20-16-12-8-4)69-78(96)90-82-86(107-80(98)68-73(93)64-60-56-52-48-45-27-23-19-15-11-7-3)84(100)76(70-91)106-88(82)104-71-75(94)83(99)85(101)81(87(102)103)89-77(95)67-72(92)63-59-55-51-47-44-26-22-18-14-10-6-2/h72-76,81-86,88,91-94,99-101H,5-71H2,1-4H3,(H,89,95)(H,90,96)(H,102,103)/t72-,73-,74+,75+,76+,81+,82+,83+,84+,85+,86+,88+/m0/s1. The van der Waals surface area contributed by atoms with Gasteiger partial charge in [-0.3, -0.25) is 19.2 Å². The molecule has 1 rings (SSSR count). The second-order valence-electron chi connectivity index (χ2n) is 32.3. The highest BCUT2D eigenvalue weighted by Gasteiger charge is 2.49. The van der Waals surface area contributed by atoms with E-state index < -0.39 is 129 Å². The number of hydrogen-bond donors (Lipinski definition) is 10. The summed E-state index contributed by atoms with van der Waals surface area (Å²) in [5, 5.41) is 92.7. The number of amides is 2. The molecule has 1 aliphatic heterocycles. The van der Waals surface area contributed by atoms with Crippen molar-refractivity contribution in [2.45, 2.75) is 518 Å². The zero-order valence-corrected chi connectivity index (χ0v) is 69.1. The van der Waals surface area contributed by atoms with Crippen LogP contribution >= 0.6 is 0 Å². The highest BCUT2D eigenvalue weighted by molar-refractivity contribution is 5.84. The van der Waals surface area contributed by atoms with Gasteiger partial charge in [0.25, 0.3) is 0 Å². The van der Waals surface area contributed by atoms with Gasteiger partial charge < -0.3 is 70.4 Å². The van der Waals surface area contributed by atoms with E-state index >= 15 is 0 Å². The summed E-state index contributed by atoms with van der Waals surface area (Å²) in [6.45, 7) is 7.12. The molecule has 1 aliphatic rings. The number of aliphatic hydroxyl groups is 7. The fraction of sp³-hybridized carbons (Fsp3) is 0.943. The maximum atomic E-state index is 14.5. The number of unbranched alkanes of at least 4 members (excludes halogenated alkanes) is 54. The monoisotopic (exact) mass is 1530 g/mol. The smallest absolute Gasteiger partial charge is 0.329 e. The fourth-order valence-electron chi connectivity index (χ4n) is 15.0. The molecule has 107 heavy (non-hydrogen) atoms. The van der Waals surface area contributed by atoms with E-state index in [1.54, 1.807) is 0 Å². The molecule has 0 radical (unpaired) electrons. The Morgan fingerprint density at radius 1 is 0.393 bits per heavy atom. The van der Waals surface area contributed by atoms with Crippen molar-refractivity contribution < 1.29 is 83.8 Å². The highest BCUT2D eigenvalue weighted by Crippen LogP contribution is 2.28. The van der Waals surface area contributed by atoms with Crippen LogP contribution in [0.25, 0.3) is 0 Å². The summed E-state index contributed by atoms with van der Waals surface area (Å²) in [6.07, 6.45) is 52.1. The van der Waals surface area contributed by atoms with E-state index in [0.29, 0.717) is 44.9 Å². The Hall–Kier alpha value is -3.01. The first-order valence-corrected chi connectivity index (χ1v) is 45.2. The third kappa shape index (κ3) is 58.5. The lowest BCUT2D eigenvalue weighted by atomic mass is 9.95. The molecule has 12 atom stereocenters. The SMILES string of the molecule is CCCCCCCCCCCCCCCCCCCCCCCCCCCCC(=O)O[C@H](CCCCCCCCCCCC)CC(=O)N[C@H]1[C@H](OC[C@@H](O)[C@@H](O)[C@H](O)[C@@H](NC(=O)C[C@@H](O)CCCCCCCCCCCCC)C(=O)O)O[C@H](CO)[C@@H](O)[C@@H]1OC(=O)C[C@@H](O)CCCCCCCCCCCCC. The first kappa shape index (κ1) is 102. The largest absolute Gasteiger partial charge is 0.480 e. The summed E-state index contributed by atoms with van der Waals surface area (Å²) in [4.78, 5) is 67.4. The molecule has 0 spiro atoms. The Bertz CT molecular complexity index is 2040. The number of hydrogen-bond acceptors (Lipinski definition) is 16. The van der Waals surface area contributed by atoms with Crippen molar-refractivity contribution in [3.63, 3.8) is 0 Å². The summed E-state index contributed by atoms with van der Waals surface area (Å²) in [7, 11) is 0. The van der Waals surface area contributed by atoms with Gasteiger partial charge in [0, 0.05) is 6.42 Å². The van der Waals surface area contributed by atoms with E-state index in [2.05, 4.69) is 38.3 Å². The van der Waals surface area contributed by atoms with Crippen LogP contribution in [0.15, 0.2) is 0 Å². The normalized spacial score (nSPS) is 18.0. The van der Waals surface area contributed by atoms with Gasteiger partial charge in [0.15, 0.2) is 18.4 Å². The number of rotatable bonds is 80. The second kappa shape index (κ2) is 73.2. The summed E-state index contributed by atoms with van der Waals surface area (Å²) in [6, 6.07) is -3.73. The van der Waals surface area contributed by atoms with Gasteiger partial charge in [0.2, 0.25) is 11.8 Å². The van der Waals surface area contributed by atoms with E-state index in [0.717, 1.165) is 96.3 Å². The number of nitrogens with one attached hydrogen (secondary N) is 2. The van der Waals surface area contributed by atoms with Gasteiger partial charge >= 0.3 is 17.9 Å². The van der Waals surface area contributed by atoms with Gasteiger partial charge in [-0.1, -0.05) is 387 Å². The van der Waals surface area contributed by atoms with Gasteiger partial charge in [0.05, 0.1) is 44.7 Å². The lowest BCUT2D eigenvalue weighted by Gasteiger charge is -2.44. The molecule has 0 aromatic heterocycles. The Morgan fingerprint density at radius 3 is 1.07 bits per heavy atom. The predicted octanol–water partition coefficient (Wildman–Crippen LogP) is 19.2. The molecule has 19 heteroatoms. The van der Waals surface area contributed by atoms with Crippen molar-refractivity contribution in [3.05, 3.63) is 0 Å². The van der Waals surface area contributed by atoms with Crippen LogP contribution in [-0.2, 0) is 42.9 Å². The van der Waals surface area contributed by atoms with E-state index in [1.165, 1.54) is 250 Å². The van der Waals surface area contributed by atoms with Crippen molar-refractivity contribution >= 4 is 29.7 Å². The number of esters is 2.